The molecule has 3 rings (SSSR count). The summed E-state index contributed by atoms with van der Waals surface area (Å²) in [6.07, 6.45) is 0. The Balaban J connectivity index is 1.62. The lowest BCUT2D eigenvalue weighted by Crippen LogP contribution is -2.20. The monoisotopic (exact) mass is 319 g/mol. The number of benzene rings is 3. The van der Waals surface area contributed by atoms with E-state index in [1.807, 2.05) is 42.5 Å². The van der Waals surface area contributed by atoms with Gasteiger partial charge in [-0.1, -0.05) is 42.5 Å². The van der Waals surface area contributed by atoms with Crippen LogP contribution in [-0.2, 0) is 4.79 Å². The fraction of sp³-hybridized carbons (Fsp3) is 0.100. The first kappa shape index (κ1) is 15.7. The molecule has 0 aliphatic rings. The van der Waals surface area contributed by atoms with Crippen LogP contribution < -0.4 is 10.1 Å². The fourth-order valence-electron chi connectivity index (χ4n) is 2.42. The Morgan fingerprint density at radius 1 is 0.917 bits per heavy atom. The number of fused-ring (bicyclic) bond motifs is 1. The van der Waals surface area contributed by atoms with Gasteiger partial charge in [0.1, 0.15) is 5.75 Å². The van der Waals surface area contributed by atoms with E-state index >= 15 is 0 Å². The van der Waals surface area contributed by atoms with Gasteiger partial charge in [-0.15, -0.1) is 0 Å². The van der Waals surface area contributed by atoms with E-state index in [1.54, 1.807) is 24.3 Å². The van der Waals surface area contributed by atoms with Crippen LogP contribution in [0.3, 0.4) is 0 Å². The van der Waals surface area contributed by atoms with Crippen molar-refractivity contribution in [3.05, 3.63) is 72.3 Å². The third-order valence-corrected chi connectivity index (χ3v) is 3.64. The molecule has 3 aromatic carbocycles. The zero-order valence-electron chi connectivity index (χ0n) is 13.3. The second-order valence-corrected chi connectivity index (χ2v) is 5.48. The van der Waals surface area contributed by atoms with Crippen molar-refractivity contribution in [2.45, 2.75) is 6.92 Å². The van der Waals surface area contributed by atoms with Gasteiger partial charge in [-0.3, -0.25) is 9.59 Å². The molecule has 0 saturated carbocycles. The summed E-state index contributed by atoms with van der Waals surface area (Å²) in [6.45, 7) is 1.40. The molecule has 0 atom stereocenters. The number of rotatable bonds is 5. The number of carbonyl (C=O) groups is 2. The van der Waals surface area contributed by atoms with E-state index in [-0.39, 0.29) is 18.3 Å². The van der Waals surface area contributed by atoms with Crippen LogP contribution >= 0.6 is 0 Å². The van der Waals surface area contributed by atoms with E-state index in [9.17, 15) is 9.59 Å². The van der Waals surface area contributed by atoms with Crippen LogP contribution in [0.2, 0.25) is 0 Å². The van der Waals surface area contributed by atoms with Crippen LogP contribution in [0.4, 0.5) is 5.69 Å². The molecule has 0 saturated heterocycles. The highest BCUT2D eigenvalue weighted by Gasteiger charge is 2.06. The fourth-order valence-corrected chi connectivity index (χ4v) is 2.42. The number of hydrogen-bond donors (Lipinski definition) is 1. The van der Waals surface area contributed by atoms with E-state index in [0.717, 1.165) is 10.8 Å². The van der Waals surface area contributed by atoms with Crippen LogP contribution in [-0.4, -0.2) is 18.3 Å². The zero-order valence-corrected chi connectivity index (χ0v) is 13.3. The minimum absolute atomic E-state index is 0.0430. The van der Waals surface area contributed by atoms with Gasteiger partial charge >= 0.3 is 0 Å². The molecule has 1 N–H and O–H groups in total. The summed E-state index contributed by atoms with van der Waals surface area (Å²) >= 11 is 0. The first-order chi connectivity index (χ1) is 11.6. The minimum atomic E-state index is -0.274. The molecule has 0 unspecified atom stereocenters. The highest BCUT2D eigenvalue weighted by molar-refractivity contribution is 5.97. The molecule has 0 spiro atoms. The second-order valence-electron chi connectivity index (χ2n) is 5.48. The van der Waals surface area contributed by atoms with Crippen molar-refractivity contribution in [3.63, 3.8) is 0 Å². The topological polar surface area (TPSA) is 55.4 Å². The molecule has 0 heterocycles. The van der Waals surface area contributed by atoms with Crippen LogP contribution in [0.25, 0.3) is 10.8 Å². The second kappa shape index (κ2) is 6.96. The molecule has 1 amide bonds. The van der Waals surface area contributed by atoms with Crippen LogP contribution in [0.1, 0.15) is 17.3 Å². The number of Topliss-reactive ketones (excluding diaryl/α,β-unsaturated/α-hetero) is 1. The minimum Gasteiger partial charge on any atom is -0.484 e. The van der Waals surface area contributed by atoms with Gasteiger partial charge in [0, 0.05) is 11.3 Å². The third-order valence-electron chi connectivity index (χ3n) is 3.64. The van der Waals surface area contributed by atoms with Crippen molar-refractivity contribution in [1.29, 1.82) is 0 Å². The maximum atomic E-state index is 12.0. The Bertz CT molecular complexity index is 902. The highest BCUT2D eigenvalue weighted by Crippen LogP contribution is 2.20. The van der Waals surface area contributed by atoms with Crippen LogP contribution in [0.5, 0.6) is 5.75 Å². The van der Waals surface area contributed by atoms with Gasteiger partial charge in [-0.2, -0.15) is 0 Å². The van der Waals surface area contributed by atoms with Gasteiger partial charge in [0.25, 0.3) is 5.91 Å². The van der Waals surface area contributed by atoms with Crippen molar-refractivity contribution in [3.8, 4) is 5.75 Å². The molecule has 0 fully saturated rings. The predicted octanol–water partition coefficient (Wildman–Crippen LogP) is 4.06. The number of ketones is 1. The average molecular weight is 319 g/mol. The summed E-state index contributed by atoms with van der Waals surface area (Å²) in [6, 6.07) is 20.5. The summed E-state index contributed by atoms with van der Waals surface area (Å²) in [5, 5.41) is 4.91. The van der Waals surface area contributed by atoms with Crippen molar-refractivity contribution >= 4 is 28.2 Å². The quantitative estimate of drug-likeness (QED) is 0.722. The van der Waals surface area contributed by atoms with Gasteiger partial charge < -0.3 is 10.1 Å². The number of amides is 1. The largest absolute Gasteiger partial charge is 0.484 e. The van der Waals surface area contributed by atoms with Gasteiger partial charge in [-0.25, -0.2) is 0 Å². The smallest absolute Gasteiger partial charge is 0.262 e. The van der Waals surface area contributed by atoms with E-state index in [1.165, 1.54) is 6.92 Å². The Morgan fingerprint density at radius 2 is 1.71 bits per heavy atom. The average Bonchev–Trinajstić information content (AvgIpc) is 2.60. The summed E-state index contributed by atoms with van der Waals surface area (Å²) in [5.41, 5.74) is 1.14. The Kier molecular flexibility index (Phi) is 4.57. The zero-order chi connectivity index (χ0) is 16.9. The number of carbonyl (C=O) groups excluding carboxylic acids is 2. The summed E-state index contributed by atoms with van der Waals surface area (Å²) in [7, 11) is 0. The van der Waals surface area contributed by atoms with Gasteiger partial charge in [-0.05, 0) is 42.0 Å². The number of nitrogens with one attached hydrogen (secondary N) is 1. The Hall–Kier alpha value is -3.14. The SMILES string of the molecule is CC(=O)c1cccc(NC(=O)COc2ccc3ccccc3c2)c1. The van der Waals surface area contributed by atoms with Crippen molar-refractivity contribution in [1.82, 2.24) is 0 Å². The lowest BCUT2D eigenvalue weighted by Gasteiger charge is -2.09. The highest BCUT2D eigenvalue weighted by atomic mass is 16.5. The summed E-state index contributed by atoms with van der Waals surface area (Å²) in [4.78, 5) is 23.4. The van der Waals surface area contributed by atoms with Gasteiger partial charge in [0.15, 0.2) is 12.4 Å². The molecule has 3 aromatic rings. The number of anilines is 1. The molecular formula is C20H17NO3. The molecule has 0 aromatic heterocycles. The summed E-state index contributed by atoms with van der Waals surface area (Å²) < 4.78 is 5.55. The molecule has 0 aliphatic heterocycles. The first-order valence-corrected chi connectivity index (χ1v) is 7.64. The standard InChI is InChI=1S/C20H17NO3/c1-14(22)16-7-4-8-18(11-16)21-20(23)13-24-19-10-9-15-5-2-3-6-17(15)12-19/h2-12H,13H2,1H3,(H,21,23). The number of ether oxygens (including phenoxy) is 1. The normalized spacial score (nSPS) is 10.4. The molecular weight excluding hydrogens is 302 g/mol. The van der Waals surface area contributed by atoms with Crippen LogP contribution in [0, 0.1) is 0 Å². The van der Waals surface area contributed by atoms with Crippen molar-refractivity contribution in [2.75, 3.05) is 11.9 Å². The van der Waals surface area contributed by atoms with E-state index in [2.05, 4.69) is 5.32 Å². The van der Waals surface area contributed by atoms with Gasteiger partial charge in [0.05, 0.1) is 0 Å². The Morgan fingerprint density at radius 3 is 2.50 bits per heavy atom. The molecule has 4 nitrogen and oxygen atoms in total. The molecule has 4 heteroatoms. The van der Waals surface area contributed by atoms with Crippen LogP contribution in [0.15, 0.2) is 66.7 Å². The Labute approximate surface area is 140 Å². The first-order valence-electron chi connectivity index (χ1n) is 7.64. The molecule has 0 radical (unpaired) electrons. The lowest BCUT2D eigenvalue weighted by molar-refractivity contribution is -0.118. The summed E-state index contributed by atoms with van der Waals surface area (Å²) in [5.74, 6) is 0.323. The van der Waals surface area contributed by atoms with Crippen molar-refractivity contribution < 1.29 is 14.3 Å². The lowest BCUT2D eigenvalue weighted by atomic mass is 10.1. The van der Waals surface area contributed by atoms with E-state index in [4.69, 9.17) is 4.74 Å². The third kappa shape index (κ3) is 3.79. The molecule has 24 heavy (non-hydrogen) atoms. The van der Waals surface area contributed by atoms with E-state index < -0.39 is 0 Å². The maximum Gasteiger partial charge on any atom is 0.262 e. The van der Waals surface area contributed by atoms with Crippen molar-refractivity contribution in [2.24, 2.45) is 0 Å². The molecule has 0 bridgehead atoms. The van der Waals surface area contributed by atoms with E-state index in [0.29, 0.717) is 17.0 Å². The molecule has 120 valence electrons. The molecule has 0 aliphatic carbocycles. The van der Waals surface area contributed by atoms with Gasteiger partial charge in [0.2, 0.25) is 0 Å². The predicted molar refractivity (Wildman–Crippen MR) is 94.5 cm³/mol. The maximum absolute atomic E-state index is 12.0. The number of hydrogen-bond acceptors (Lipinski definition) is 3.